The molecular formula is C16H14FN3O5. The van der Waals surface area contributed by atoms with Crippen LogP contribution in [0.3, 0.4) is 0 Å². The van der Waals surface area contributed by atoms with E-state index in [1.165, 1.54) is 13.0 Å². The van der Waals surface area contributed by atoms with Gasteiger partial charge in [-0.15, -0.1) is 0 Å². The molecule has 0 aliphatic rings. The second-order valence-corrected chi connectivity index (χ2v) is 5.42. The summed E-state index contributed by atoms with van der Waals surface area (Å²) in [6.45, 7) is 2.91. The van der Waals surface area contributed by atoms with Crippen molar-refractivity contribution in [2.45, 2.75) is 20.4 Å². The minimum absolute atomic E-state index is 0.0168. The molecule has 2 aromatic carbocycles. The number of benzene rings is 2. The van der Waals surface area contributed by atoms with E-state index in [4.69, 9.17) is 0 Å². The Labute approximate surface area is 141 Å². The zero-order chi connectivity index (χ0) is 18.7. The molecule has 2 aromatic rings. The number of hydrogen-bond donors (Lipinski definition) is 1. The van der Waals surface area contributed by atoms with Gasteiger partial charge in [-0.25, -0.2) is 4.39 Å². The number of halogens is 1. The van der Waals surface area contributed by atoms with Crippen LogP contribution in [0.25, 0.3) is 0 Å². The molecule has 9 heteroatoms. The Morgan fingerprint density at radius 2 is 1.80 bits per heavy atom. The van der Waals surface area contributed by atoms with Crippen molar-refractivity contribution in [3.8, 4) is 0 Å². The van der Waals surface area contributed by atoms with E-state index in [1.807, 2.05) is 0 Å². The van der Waals surface area contributed by atoms with E-state index >= 15 is 0 Å². The summed E-state index contributed by atoms with van der Waals surface area (Å²) in [6, 6.07) is 6.23. The van der Waals surface area contributed by atoms with Crippen molar-refractivity contribution >= 4 is 17.3 Å². The monoisotopic (exact) mass is 347 g/mol. The maximum atomic E-state index is 13.5. The average molecular weight is 347 g/mol. The Bertz CT molecular complexity index is 882. The molecule has 130 valence electrons. The number of nitro benzene ring substituents is 2. The maximum absolute atomic E-state index is 13.5. The topological polar surface area (TPSA) is 115 Å². The van der Waals surface area contributed by atoms with Crippen molar-refractivity contribution in [1.82, 2.24) is 5.32 Å². The molecule has 0 radical (unpaired) electrons. The van der Waals surface area contributed by atoms with E-state index in [9.17, 15) is 29.4 Å². The SMILES string of the molecule is Cc1ccc(CNC(=O)c2cc([N+](=O)[O-])cc([N+](=O)[O-])c2C)cc1F. The predicted octanol–water partition coefficient (Wildman–Crippen LogP) is 3.19. The first kappa shape index (κ1) is 18.0. The molecule has 25 heavy (non-hydrogen) atoms. The lowest BCUT2D eigenvalue weighted by Gasteiger charge is -2.09. The molecule has 0 aliphatic heterocycles. The summed E-state index contributed by atoms with van der Waals surface area (Å²) in [7, 11) is 0. The van der Waals surface area contributed by atoms with Gasteiger partial charge in [0.2, 0.25) is 0 Å². The minimum atomic E-state index is -0.807. The number of nitrogens with one attached hydrogen (secondary N) is 1. The third kappa shape index (κ3) is 3.94. The third-order valence-electron chi connectivity index (χ3n) is 3.71. The lowest BCUT2D eigenvalue weighted by molar-refractivity contribution is -0.394. The summed E-state index contributed by atoms with van der Waals surface area (Å²) in [6.07, 6.45) is 0. The largest absolute Gasteiger partial charge is 0.348 e. The van der Waals surface area contributed by atoms with Gasteiger partial charge in [0.15, 0.2) is 0 Å². The van der Waals surface area contributed by atoms with Crippen molar-refractivity contribution < 1.29 is 19.0 Å². The molecule has 0 aliphatic carbocycles. The van der Waals surface area contributed by atoms with Crippen LogP contribution in [0.1, 0.15) is 27.0 Å². The van der Waals surface area contributed by atoms with Gasteiger partial charge >= 0.3 is 0 Å². The fourth-order valence-corrected chi connectivity index (χ4v) is 2.24. The Hall–Kier alpha value is -3.36. The molecule has 1 N–H and O–H groups in total. The lowest BCUT2D eigenvalue weighted by Crippen LogP contribution is -2.24. The molecule has 8 nitrogen and oxygen atoms in total. The molecular weight excluding hydrogens is 333 g/mol. The van der Waals surface area contributed by atoms with Crippen LogP contribution in [0, 0.1) is 39.9 Å². The van der Waals surface area contributed by atoms with Crippen molar-refractivity contribution in [3.63, 3.8) is 0 Å². The van der Waals surface area contributed by atoms with Gasteiger partial charge < -0.3 is 5.32 Å². The third-order valence-corrected chi connectivity index (χ3v) is 3.71. The summed E-state index contributed by atoms with van der Waals surface area (Å²) >= 11 is 0. The van der Waals surface area contributed by atoms with Crippen LogP contribution in [-0.2, 0) is 6.54 Å². The highest BCUT2D eigenvalue weighted by molar-refractivity contribution is 5.97. The first-order valence-electron chi connectivity index (χ1n) is 7.17. The van der Waals surface area contributed by atoms with E-state index in [0.29, 0.717) is 11.1 Å². The Balaban J connectivity index is 2.30. The number of nitrogens with zero attached hydrogens (tertiary/aromatic N) is 2. The molecule has 0 bridgehead atoms. The van der Waals surface area contributed by atoms with Crippen molar-refractivity contribution in [2.75, 3.05) is 0 Å². The number of hydrogen-bond acceptors (Lipinski definition) is 5. The number of amides is 1. The van der Waals surface area contributed by atoms with Crippen LogP contribution in [0.4, 0.5) is 15.8 Å². The quantitative estimate of drug-likeness (QED) is 0.659. The highest BCUT2D eigenvalue weighted by Crippen LogP contribution is 2.28. The highest BCUT2D eigenvalue weighted by Gasteiger charge is 2.24. The van der Waals surface area contributed by atoms with Gasteiger partial charge in [0.05, 0.1) is 21.5 Å². The molecule has 0 fully saturated rings. The van der Waals surface area contributed by atoms with Gasteiger partial charge in [0, 0.05) is 18.2 Å². The van der Waals surface area contributed by atoms with Crippen LogP contribution in [0.5, 0.6) is 0 Å². The number of aryl methyl sites for hydroxylation is 1. The van der Waals surface area contributed by atoms with E-state index in [0.717, 1.165) is 12.1 Å². The van der Waals surface area contributed by atoms with Crippen molar-refractivity contribution in [3.05, 3.63) is 78.6 Å². The van der Waals surface area contributed by atoms with Gasteiger partial charge in [0.25, 0.3) is 17.3 Å². The van der Waals surface area contributed by atoms with E-state index < -0.39 is 32.9 Å². The molecule has 2 rings (SSSR count). The van der Waals surface area contributed by atoms with E-state index in [2.05, 4.69) is 5.32 Å². The Morgan fingerprint density at radius 3 is 2.36 bits per heavy atom. The second kappa shape index (κ2) is 7.04. The molecule has 0 saturated carbocycles. The summed E-state index contributed by atoms with van der Waals surface area (Å²) in [5.74, 6) is -1.14. The van der Waals surface area contributed by atoms with Gasteiger partial charge in [0.1, 0.15) is 5.82 Å². The second-order valence-electron chi connectivity index (χ2n) is 5.42. The molecule has 0 aromatic heterocycles. The molecule has 0 heterocycles. The van der Waals surface area contributed by atoms with E-state index in [1.54, 1.807) is 19.1 Å². The lowest BCUT2D eigenvalue weighted by atomic mass is 10.0. The molecule has 0 unspecified atom stereocenters. The molecule has 1 amide bonds. The normalized spacial score (nSPS) is 10.4. The molecule has 0 saturated heterocycles. The van der Waals surface area contributed by atoms with Gasteiger partial charge in [-0.05, 0) is 31.0 Å². The van der Waals surface area contributed by atoms with Crippen LogP contribution >= 0.6 is 0 Å². The maximum Gasteiger partial charge on any atom is 0.279 e. The Kier molecular flexibility index (Phi) is 5.06. The highest BCUT2D eigenvalue weighted by atomic mass is 19.1. The van der Waals surface area contributed by atoms with Gasteiger partial charge in [-0.3, -0.25) is 25.0 Å². The van der Waals surface area contributed by atoms with Crippen molar-refractivity contribution in [2.24, 2.45) is 0 Å². The fraction of sp³-hybridized carbons (Fsp3) is 0.188. The van der Waals surface area contributed by atoms with Crippen LogP contribution in [0.2, 0.25) is 0 Å². The van der Waals surface area contributed by atoms with Crippen LogP contribution in [0.15, 0.2) is 30.3 Å². The summed E-state index contributed by atoms with van der Waals surface area (Å²) in [5.41, 5.74) is -0.268. The summed E-state index contributed by atoms with van der Waals surface area (Å²) in [5, 5.41) is 24.4. The van der Waals surface area contributed by atoms with Gasteiger partial charge in [-0.2, -0.15) is 0 Å². The average Bonchev–Trinajstić information content (AvgIpc) is 2.55. The minimum Gasteiger partial charge on any atom is -0.348 e. The number of carbonyl (C=O) groups is 1. The number of rotatable bonds is 5. The van der Waals surface area contributed by atoms with Crippen LogP contribution < -0.4 is 5.32 Å². The molecule has 0 spiro atoms. The standard InChI is InChI=1S/C16H14FN3O5/c1-9-3-4-11(5-14(9)17)8-18-16(21)13-6-12(19(22)23)7-15(10(13)2)20(24)25/h3-7H,8H2,1-2H3,(H,18,21). The zero-order valence-corrected chi connectivity index (χ0v) is 13.4. The van der Waals surface area contributed by atoms with Crippen molar-refractivity contribution in [1.29, 1.82) is 0 Å². The zero-order valence-electron chi connectivity index (χ0n) is 13.4. The Morgan fingerprint density at radius 1 is 1.12 bits per heavy atom. The summed E-state index contributed by atoms with van der Waals surface area (Å²) in [4.78, 5) is 32.6. The first-order valence-corrected chi connectivity index (χ1v) is 7.17. The number of carbonyl (C=O) groups excluding carboxylic acids is 1. The summed E-state index contributed by atoms with van der Waals surface area (Å²) < 4.78 is 13.5. The molecule has 0 atom stereocenters. The number of nitro groups is 2. The number of non-ortho nitro benzene ring substituents is 1. The van der Waals surface area contributed by atoms with Gasteiger partial charge in [-0.1, -0.05) is 12.1 Å². The predicted molar refractivity (Wildman–Crippen MR) is 86.8 cm³/mol. The first-order chi connectivity index (χ1) is 11.7. The smallest absolute Gasteiger partial charge is 0.279 e. The fourth-order valence-electron chi connectivity index (χ4n) is 2.24. The van der Waals surface area contributed by atoms with E-state index in [-0.39, 0.29) is 17.7 Å². The van der Waals surface area contributed by atoms with Crippen LogP contribution in [-0.4, -0.2) is 15.8 Å².